The van der Waals surface area contributed by atoms with Gasteiger partial charge in [0.25, 0.3) is 14.2 Å². The molecule has 1 aromatic carbocycles. The second-order valence-electron chi connectivity index (χ2n) is 5.87. The van der Waals surface area contributed by atoms with Crippen LogP contribution in [-0.2, 0) is 0 Å². The van der Waals surface area contributed by atoms with E-state index in [1.54, 1.807) is 18.2 Å². The van der Waals surface area contributed by atoms with Gasteiger partial charge in [-0.25, -0.2) is 0 Å². The number of benzene rings is 1. The van der Waals surface area contributed by atoms with Crippen molar-refractivity contribution in [3.8, 4) is 5.75 Å². The lowest BCUT2D eigenvalue weighted by Gasteiger charge is -2.36. The molecule has 3 nitrogen and oxygen atoms in total. The van der Waals surface area contributed by atoms with Crippen molar-refractivity contribution in [1.29, 1.82) is 0 Å². The van der Waals surface area contributed by atoms with E-state index in [1.165, 1.54) is 0 Å². The standard InChI is InChI=1S/C13H20ClNO2Si/c1-13(2,3)18(4,5)17-11-8-9(14)6-7-10(11)12(15)16/h6-8H,1-5H3,(H2,15,16). The Balaban J connectivity index is 3.18. The molecule has 0 aromatic heterocycles. The highest BCUT2D eigenvalue weighted by Crippen LogP contribution is 2.38. The monoisotopic (exact) mass is 285 g/mol. The first-order valence-corrected chi connectivity index (χ1v) is 9.11. The number of hydrogen-bond acceptors (Lipinski definition) is 2. The Morgan fingerprint density at radius 2 is 1.89 bits per heavy atom. The predicted octanol–water partition coefficient (Wildman–Crippen LogP) is 3.82. The summed E-state index contributed by atoms with van der Waals surface area (Å²) in [5.41, 5.74) is 5.72. The first kappa shape index (κ1) is 15.1. The van der Waals surface area contributed by atoms with Crippen LogP contribution in [0, 0.1) is 0 Å². The molecular weight excluding hydrogens is 266 g/mol. The van der Waals surface area contributed by atoms with Crippen molar-refractivity contribution in [2.24, 2.45) is 5.73 Å². The highest BCUT2D eigenvalue weighted by Gasteiger charge is 2.39. The third kappa shape index (κ3) is 3.27. The van der Waals surface area contributed by atoms with Gasteiger partial charge >= 0.3 is 0 Å². The van der Waals surface area contributed by atoms with E-state index in [9.17, 15) is 4.79 Å². The number of nitrogens with two attached hydrogens (primary N) is 1. The maximum Gasteiger partial charge on any atom is 0.252 e. The van der Waals surface area contributed by atoms with Crippen LogP contribution in [0.25, 0.3) is 0 Å². The normalized spacial score (nSPS) is 12.3. The summed E-state index contributed by atoms with van der Waals surface area (Å²) in [6, 6.07) is 4.90. The Morgan fingerprint density at radius 1 is 1.33 bits per heavy atom. The molecule has 0 saturated carbocycles. The van der Waals surface area contributed by atoms with E-state index in [0.29, 0.717) is 16.3 Å². The topological polar surface area (TPSA) is 52.3 Å². The van der Waals surface area contributed by atoms with Crippen molar-refractivity contribution in [3.63, 3.8) is 0 Å². The molecule has 0 aliphatic carbocycles. The molecule has 18 heavy (non-hydrogen) atoms. The molecule has 1 amide bonds. The Bertz CT molecular complexity index is 467. The molecule has 2 N–H and O–H groups in total. The number of primary amides is 1. The van der Waals surface area contributed by atoms with Gasteiger partial charge in [0.1, 0.15) is 5.75 Å². The number of carbonyl (C=O) groups is 1. The van der Waals surface area contributed by atoms with Gasteiger partial charge in [0.05, 0.1) is 5.56 Å². The average molecular weight is 286 g/mol. The maximum absolute atomic E-state index is 11.4. The van der Waals surface area contributed by atoms with Gasteiger partial charge in [0.15, 0.2) is 0 Å². The second kappa shape index (κ2) is 4.94. The highest BCUT2D eigenvalue weighted by atomic mass is 35.5. The zero-order valence-corrected chi connectivity index (χ0v) is 13.3. The van der Waals surface area contributed by atoms with Gasteiger partial charge in [-0.3, -0.25) is 4.79 Å². The lowest BCUT2D eigenvalue weighted by Crippen LogP contribution is -2.44. The van der Waals surface area contributed by atoms with Gasteiger partial charge in [0, 0.05) is 5.02 Å². The number of carbonyl (C=O) groups excluding carboxylic acids is 1. The van der Waals surface area contributed by atoms with Gasteiger partial charge in [-0.15, -0.1) is 0 Å². The SMILES string of the molecule is CC(C)(C)[Si](C)(C)Oc1cc(Cl)ccc1C(N)=O. The Labute approximate surface area is 114 Å². The summed E-state index contributed by atoms with van der Waals surface area (Å²) >= 11 is 5.95. The molecule has 1 rings (SSSR count). The first-order valence-electron chi connectivity index (χ1n) is 5.83. The van der Waals surface area contributed by atoms with E-state index in [-0.39, 0.29) is 5.04 Å². The fourth-order valence-corrected chi connectivity index (χ4v) is 2.40. The van der Waals surface area contributed by atoms with Crippen molar-refractivity contribution >= 4 is 25.8 Å². The van der Waals surface area contributed by atoms with Crippen LogP contribution >= 0.6 is 11.6 Å². The zero-order chi connectivity index (χ0) is 14.1. The molecule has 1 aromatic rings. The van der Waals surface area contributed by atoms with Crippen LogP contribution in [0.4, 0.5) is 0 Å². The third-order valence-corrected chi connectivity index (χ3v) is 7.96. The molecule has 0 saturated heterocycles. The van der Waals surface area contributed by atoms with Gasteiger partial charge in [0.2, 0.25) is 0 Å². The zero-order valence-electron chi connectivity index (χ0n) is 11.5. The van der Waals surface area contributed by atoms with Crippen LogP contribution in [0.2, 0.25) is 23.2 Å². The van der Waals surface area contributed by atoms with E-state index in [1.807, 2.05) is 0 Å². The van der Waals surface area contributed by atoms with Gasteiger partial charge in [-0.1, -0.05) is 32.4 Å². The van der Waals surface area contributed by atoms with Crippen LogP contribution < -0.4 is 10.2 Å². The molecule has 0 heterocycles. The molecular formula is C13H20ClNO2Si. The summed E-state index contributed by atoms with van der Waals surface area (Å²) < 4.78 is 6.09. The van der Waals surface area contributed by atoms with E-state index in [4.69, 9.17) is 21.8 Å². The van der Waals surface area contributed by atoms with Crippen molar-refractivity contribution < 1.29 is 9.22 Å². The molecule has 0 fully saturated rings. The van der Waals surface area contributed by atoms with Gasteiger partial charge in [-0.2, -0.15) is 0 Å². The maximum atomic E-state index is 11.4. The number of amides is 1. The molecule has 0 aliphatic heterocycles. The van der Waals surface area contributed by atoms with Gasteiger partial charge < -0.3 is 10.2 Å². The van der Waals surface area contributed by atoms with Crippen LogP contribution in [0.5, 0.6) is 5.75 Å². The summed E-state index contributed by atoms with van der Waals surface area (Å²) in [4.78, 5) is 11.4. The number of halogens is 1. The fourth-order valence-electron chi connectivity index (χ4n) is 1.21. The molecule has 0 spiro atoms. The van der Waals surface area contributed by atoms with E-state index >= 15 is 0 Å². The summed E-state index contributed by atoms with van der Waals surface area (Å²) in [7, 11) is -2.01. The summed E-state index contributed by atoms with van der Waals surface area (Å²) in [6.07, 6.45) is 0. The molecule has 0 unspecified atom stereocenters. The third-order valence-electron chi connectivity index (χ3n) is 3.38. The molecule has 0 radical (unpaired) electrons. The van der Waals surface area contributed by atoms with Crippen molar-refractivity contribution in [3.05, 3.63) is 28.8 Å². The lowest BCUT2D eigenvalue weighted by atomic mass is 10.2. The Kier molecular flexibility index (Phi) is 4.13. The van der Waals surface area contributed by atoms with Crippen LogP contribution in [0.1, 0.15) is 31.1 Å². The summed E-state index contributed by atoms with van der Waals surface area (Å²) in [5, 5.41) is 0.582. The van der Waals surface area contributed by atoms with E-state index in [2.05, 4.69) is 33.9 Å². The van der Waals surface area contributed by atoms with E-state index < -0.39 is 14.2 Å². The summed E-state index contributed by atoms with van der Waals surface area (Å²) in [5.74, 6) is -0.0121. The Morgan fingerprint density at radius 3 is 2.33 bits per heavy atom. The largest absolute Gasteiger partial charge is 0.543 e. The quantitative estimate of drug-likeness (QED) is 0.858. The molecule has 0 atom stereocenters. The van der Waals surface area contributed by atoms with Gasteiger partial charge in [-0.05, 0) is 36.3 Å². The predicted molar refractivity (Wildman–Crippen MR) is 77.8 cm³/mol. The summed E-state index contributed by atoms with van der Waals surface area (Å²) in [6.45, 7) is 10.6. The van der Waals surface area contributed by atoms with Crippen molar-refractivity contribution in [2.75, 3.05) is 0 Å². The minimum atomic E-state index is -2.01. The minimum Gasteiger partial charge on any atom is -0.543 e. The average Bonchev–Trinajstić information content (AvgIpc) is 2.14. The highest BCUT2D eigenvalue weighted by molar-refractivity contribution is 6.74. The van der Waals surface area contributed by atoms with Crippen molar-refractivity contribution in [1.82, 2.24) is 0 Å². The molecule has 0 aliphatic rings. The van der Waals surface area contributed by atoms with Crippen LogP contribution in [-0.4, -0.2) is 14.2 Å². The van der Waals surface area contributed by atoms with Crippen molar-refractivity contribution in [2.45, 2.75) is 38.9 Å². The lowest BCUT2D eigenvalue weighted by molar-refractivity contribution is 0.0998. The number of hydrogen-bond donors (Lipinski definition) is 1. The first-order chi connectivity index (χ1) is 8.04. The fraction of sp³-hybridized carbons (Fsp3) is 0.462. The smallest absolute Gasteiger partial charge is 0.252 e. The molecule has 5 heteroatoms. The number of rotatable bonds is 3. The molecule has 0 bridgehead atoms. The Hall–Kier alpha value is -1.00. The van der Waals surface area contributed by atoms with Crippen LogP contribution in [0.15, 0.2) is 18.2 Å². The molecule has 100 valence electrons. The second-order valence-corrected chi connectivity index (χ2v) is 11.0. The van der Waals surface area contributed by atoms with Crippen LogP contribution in [0.3, 0.4) is 0 Å². The minimum absolute atomic E-state index is 0.0459. The van der Waals surface area contributed by atoms with E-state index in [0.717, 1.165) is 0 Å².